The zero-order chi connectivity index (χ0) is 30.7. The molecule has 1 aromatic heterocycles. The van der Waals surface area contributed by atoms with Crippen LogP contribution in [0.15, 0.2) is 168 Å². The lowest BCUT2D eigenvalue weighted by Gasteiger charge is -2.39. The van der Waals surface area contributed by atoms with Gasteiger partial charge in [-0.3, -0.25) is 0 Å². The number of hydrogen-bond acceptors (Lipinski definition) is 1. The average molecular weight is 614 g/mol. The van der Waals surface area contributed by atoms with Gasteiger partial charge in [0, 0.05) is 31.6 Å². The van der Waals surface area contributed by atoms with E-state index in [1.54, 1.807) is 0 Å². The first-order valence-corrected chi connectivity index (χ1v) is 17.1. The van der Waals surface area contributed by atoms with Crippen molar-refractivity contribution in [1.82, 2.24) is 4.98 Å². The molecule has 1 aliphatic heterocycles. The minimum absolute atomic E-state index is 0.384. The van der Waals surface area contributed by atoms with Crippen LogP contribution in [0.25, 0.3) is 65.6 Å². The van der Waals surface area contributed by atoms with Gasteiger partial charge in [0.1, 0.15) is 0 Å². The highest BCUT2D eigenvalue weighted by molar-refractivity contribution is 7.99. The number of aromatic nitrogens is 1. The van der Waals surface area contributed by atoms with E-state index in [-0.39, 0.29) is 5.41 Å². The predicted molar refractivity (Wildman–Crippen MR) is 198 cm³/mol. The van der Waals surface area contributed by atoms with Crippen molar-refractivity contribution in [2.24, 2.45) is 0 Å². The molecule has 2 heterocycles. The first-order valence-electron chi connectivity index (χ1n) is 16.3. The van der Waals surface area contributed by atoms with Gasteiger partial charge in [-0.2, -0.15) is 0 Å². The molecule has 9 aromatic rings. The molecule has 1 spiro atoms. The second-order valence-corrected chi connectivity index (χ2v) is 14.0. The smallest absolute Gasteiger partial charge is 0.0735 e. The topological polar surface area (TPSA) is 15.8 Å². The van der Waals surface area contributed by atoms with Crippen molar-refractivity contribution in [2.45, 2.75) is 15.2 Å². The lowest BCUT2D eigenvalue weighted by Crippen LogP contribution is -2.31. The molecule has 8 aromatic carbocycles. The Morgan fingerprint density at radius 2 is 1.02 bits per heavy atom. The quantitative estimate of drug-likeness (QED) is 0.195. The molecule has 0 amide bonds. The van der Waals surface area contributed by atoms with Gasteiger partial charge in [0.25, 0.3) is 0 Å². The Morgan fingerprint density at radius 3 is 1.83 bits per heavy atom. The fourth-order valence-electron chi connectivity index (χ4n) is 8.70. The molecule has 0 radical (unpaired) electrons. The van der Waals surface area contributed by atoms with E-state index in [1.807, 2.05) is 11.8 Å². The maximum absolute atomic E-state index is 3.68. The Balaban J connectivity index is 1.22. The number of rotatable bonds is 1. The van der Waals surface area contributed by atoms with E-state index in [9.17, 15) is 0 Å². The van der Waals surface area contributed by atoms with Crippen LogP contribution in [0.4, 0.5) is 0 Å². The molecule has 218 valence electrons. The van der Waals surface area contributed by atoms with E-state index in [1.165, 1.54) is 97.6 Å². The van der Waals surface area contributed by atoms with Gasteiger partial charge < -0.3 is 4.98 Å². The zero-order valence-corrected chi connectivity index (χ0v) is 26.2. The number of nitrogens with one attached hydrogen (secondary N) is 1. The molecular weight excluding hydrogens is 587 g/mol. The molecule has 0 saturated carbocycles. The summed E-state index contributed by atoms with van der Waals surface area (Å²) in [6, 6.07) is 59.0. The third kappa shape index (κ3) is 3.30. The van der Waals surface area contributed by atoms with Crippen LogP contribution in [0.2, 0.25) is 0 Å². The summed E-state index contributed by atoms with van der Waals surface area (Å²) in [5.41, 5.74) is 12.6. The molecule has 0 saturated heterocycles. The Morgan fingerprint density at radius 1 is 0.426 bits per heavy atom. The van der Waals surface area contributed by atoms with Gasteiger partial charge in [0.05, 0.1) is 5.41 Å². The van der Waals surface area contributed by atoms with Gasteiger partial charge in [-0.15, -0.1) is 0 Å². The van der Waals surface area contributed by atoms with Crippen LogP contribution in [0.5, 0.6) is 0 Å². The molecule has 1 nitrogen and oxygen atoms in total. The van der Waals surface area contributed by atoms with E-state index >= 15 is 0 Å². The van der Waals surface area contributed by atoms with Gasteiger partial charge in [-0.1, -0.05) is 133 Å². The lowest BCUT2D eigenvalue weighted by atomic mass is 9.67. The van der Waals surface area contributed by atoms with Gasteiger partial charge in [-0.05, 0) is 102 Å². The van der Waals surface area contributed by atoms with Crippen LogP contribution in [0.3, 0.4) is 0 Å². The van der Waals surface area contributed by atoms with Gasteiger partial charge in [-0.25, -0.2) is 0 Å². The Labute approximate surface area is 276 Å². The Kier molecular flexibility index (Phi) is 5.04. The second kappa shape index (κ2) is 9.25. The second-order valence-electron chi connectivity index (χ2n) is 12.9. The van der Waals surface area contributed by atoms with Crippen molar-refractivity contribution < 1.29 is 0 Å². The van der Waals surface area contributed by atoms with E-state index < -0.39 is 0 Å². The molecule has 2 aliphatic rings. The summed E-state index contributed by atoms with van der Waals surface area (Å²) in [5, 5.41) is 7.71. The highest BCUT2D eigenvalue weighted by Gasteiger charge is 2.50. The summed E-state index contributed by atoms with van der Waals surface area (Å²) in [4.78, 5) is 6.34. The fraction of sp³-hybridized carbons (Fsp3) is 0.0222. The molecule has 0 unspecified atom stereocenters. The summed E-state index contributed by atoms with van der Waals surface area (Å²) >= 11 is 1.90. The van der Waals surface area contributed by atoms with E-state index in [0.29, 0.717) is 0 Å². The Bertz CT molecular complexity index is 2740. The van der Waals surface area contributed by atoms with Crippen LogP contribution in [-0.2, 0) is 5.41 Å². The SMILES string of the molecule is c1ccc2c(c1)Sc1ccccc1C21c2ccc(-c3ccc4[nH]c5ccc6ccccc6c5c4c3)cc2-c2c1ccc1ccccc21. The first-order chi connectivity index (χ1) is 23.3. The molecule has 11 rings (SSSR count). The van der Waals surface area contributed by atoms with Crippen LogP contribution < -0.4 is 0 Å². The highest BCUT2D eigenvalue weighted by Crippen LogP contribution is 2.63. The number of benzene rings is 8. The molecule has 0 fully saturated rings. The monoisotopic (exact) mass is 613 g/mol. The number of hydrogen-bond donors (Lipinski definition) is 1. The van der Waals surface area contributed by atoms with Crippen LogP contribution in [0.1, 0.15) is 22.3 Å². The van der Waals surface area contributed by atoms with Crippen molar-refractivity contribution in [2.75, 3.05) is 0 Å². The lowest BCUT2D eigenvalue weighted by molar-refractivity contribution is 0.723. The van der Waals surface area contributed by atoms with Crippen molar-refractivity contribution in [1.29, 1.82) is 0 Å². The molecule has 0 atom stereocenters. The molecular formula is C45H27NS. The normalized spacial score (nSPS) is 14.0. The van der Waals surface area contributed by atoms with Crippen molar-refractivity contribution in [3.63, 3.8) is 0 Å². The molecule has 0 bridgehead atoms. The fourth-order valence-corrected chi connectivity index (χ4v) is 9.89. The molecule has 2 heteroatoms. The van der Waals surface area contributed by atoms with Crippen LogP contribution in [-0.4, -0.2) is 4.98 Å². The third-order valence-electron chi connectivity index (χ3n) is 10.6. The van der Waals surface area contributed by atoms with Gasteiger partial charge >= 0.3 is 0 Å². The highest BCUT2D eigenvalue weighted by atomic mass is 32.2. The summed E-state index contributed by atoms with van der Waals surface area (Å²) in [5.74, 6) is 0. The van der Waals surface area contributed by atoms with Gasteiger partial charge in [0.15, 0.2) is 0 Å². The van der Waals surface area contributed by atoms with E-state index in [4.69, 9.17) is 0 Å². The van der Waals surface area contributed by atoms with Crippen molar-refractivity contribution >= 4 is 55.1 Å². The van der Waals surface area contributed by atoms with Crippen LogP contribution in [0, 0.1) is 0 Å². The largest absolute Gasteiger partial charge is 0.354 e. The van der Waals surface area contributed by atoms with E-state index in [2.05, 4.69) is 163 Å². The third-order valence-corrected chi connectivity index (χ3v) is 11.8. The predicted octanol–water partition coefficient (Wildman–Crippen LogP) is 12.1. The average Bonchev–Trinajstić information content (AvgIpc) is 3.65. The minimum Gasteiger partial charge on any atom is -0.354 e. The van der Waals surface area contributed by atoms with Crippen LogP contribution >= 0.6 is 11.8 Å². The number of H-pyrrole nitrogens is 1. The van der Waals surface area contributed by atoms with E-state index in [0.717, 1.165) is 0 Å². The molecule has 1 N–H and O–H groups in total. The maximum Gasteiger partial charge on any atom is 0.0735 e. The summed E-state index contributed by atoms with van der Waals surface area (Å²) in [6.45, 7) is 0. The summed E-state index contributed by atoms with van der Waals surface area (Å²) in [7, 11) is 0. The number of aromatic amines is 1. The van der Waals surface area contributed by atoms with Crippen molar-refractivity contribution in [3.05, 3.63) is 180 Å². The summed E-state index contributed by atoms with van der Waals surface area (Å²) < 4.78 is 0. The standard InChI is InChI=1S/C45H27NS/c1-3-11-31-27(9-1)17-22-38-43(31)33-25-29(30-20-23-39-34(26-30)44-32-12-4-2-10-28(32)19-24-40(44)46-39)18-21-35(33)45(38)36-13-5-7-15-41(36)47-42-16-8-6-14-37(42)45/h1-26,46H. The van der Waals surface area contributed by atoms with Crippen molar-refractivity contribution in [3.8, 4) is 22.3 Å². The zero-order valence-electron chi connectivity index (χ0n) is 25.4. The molecule has 47 heavy (non-hydrogen) atoms. The maximum atomic E-state index is 3.68. The van der Waals surface area contributed by atoms with Gasteiger partial charge in [0.2, 0.25) is 0 Å². The summed E-state index contributed by atoms with van der Waals surface area (Å²) in [6.07, 6.45) is 0. The first kappa shape index (κ1) is 25.6. The molecule has 1 aliphatic carbocycles. The number of fused-ring (bicyclic) bond motifs is 16. The minimum atomic E-state index is -0.384. The Hall–Kier alpha value is -5.57.